The molecule has 0 spiro atoms. The largest absolute Gasteiger partial charge is 0.357 e. The normalized spacial score (nSPS) is 11.3. The predicted octanol–water partition coefficient (Wildman–Crippen LogP) is 2.23. The summed E-state index contributed by atoms with van der Waals surface area (Å²) in [6.45, 7) is 10.9. The number of nitrogens with one attached hydrogen (secondary N) is 2. The molecule has 0 aliphatic heterocycles. The third-order valence-corrected chi connectivity index (χ3v) is 1.83. The van der Waals surface area contributed by atoms with Crippen molar-refractivity contribution >= 4 is 29.9 Å². The topological polar surface area (TPSA) is 36.4 Å². The molecule has 0 heterocycles. The maximum Gasteiger partial charge on any atom is 0.192 e. The Balaban J connectivity index is 0. The summed E-state index contributed by atoms with van der Waals surface area (Å²) in [6.07, 6.45) is 6.24. The molecule has 0 bridgehead atoms. The summed E-state index contributed by atoms with van der Waals surface area (Å²) in [5, 5.41) is 6.21. The Bertz CT molecular complexity index is 236. The summed E-state index contributed by atoms with van der Waals surface area (Å²) in [6, 6.07) is 0. The maximum absolute atomic E-state index is 5.18. The molecule has 0 aromatic heterocycles. The first-order chi connectivity index (χ1) is 6.99. The van der Waals surface area contributed by atoms with Crippen LogP contribution in [0.25, 0.3) is 0 Å². The van der Waals surface area contributed by atoms with Gasteiger partial charge < -0.3 is 10.6 Å². The first-order valence-corrected chi connectivity index (χ1v) is 5.45. The molecule has 0 aliphatic carbocycles. The lowest BCUT2D eigenvalue weighted by Gasteiger charge is -2.16. The van der Waals surface area contributed by atoms with Crippen LogP contribution in [0.5, 0.6) is 0 Å². The van der Waals surface area contributed by atoms with Gasteiger partial charge in [0.15, 0.2) is 5.96 Å². The number of aliphatic imine (C=N–C) groups is 1. The summed E-state index contributed by atoms with van der Waals surface area (Å²) in [7, 11) is 0. The van der Waals surface area contributed by atoms with Crippen LogP contribution in [0.4, 0.5) is 0 Å². The average molecular weight is 337 g/mol. The van der Waals surface area contributed by atoms with Gasteiger partial charge in [-0.1, -0.05) is 26.7 Å². The fraction of sp³-hybridized carbons (Fsp3) is 0.750. The maximum atomic E-state index is 5.18. The molecule has 0 unspecified atom stereocenters. The van der Waals surface area contributed by atoms with Crippen molar-refractivity contribution in [3.63, 3.8) is 0 Å². The van der Waals surface area contributed by atoms with Crippen molar-refractivity contribution in [2.24, 2.45) is 10.4 Å². The lowest BCUT2D eigenvalue weighted by atomic mass is 9.93. The molecular weight excluding hydrogens is 313 g/mol. The molecule has 2 N–H and O–H groups in total. The quantitative estimate of drug-likeness (QED) is 0.357. The van der Waals surface area contributed by atoms with Crippen LogP contribution in [0.1, 0.15) is 34.1 Å². The molecule has 0 aromatic carbocycles. The van der Waals surface area contributed by atoms with Crippen molar-refractivity contribution in [3.05, 3.63) is 0 Å². The molecule has 0 amide bonds. The van der Waals surface area contributed by atoms with Crippen LogP contribution < -0.4 is 10.6 Å². The van der Waals surface area contributed by atoms with E-state index in [1.165, 1.54) is 0 Å². The summed E-state index contributed by atoms with van der Waals surface area (Å²) in [5.74, 6) is 3.34. The van der Waals surface area contributed by atoms with E-state index in [1.807, 2.05) is 6.92 Å². The van der Waals surface area contributed by atoms with Crippen LogP contribution in [0.3, 0.4) is 0 Å². The van der Waals surface area contributed by atoms with Gasteiger partial charge >= 0.3 is 0 Å². The Kier molecular flexibility index (Phi) is 10.9. The minimum atomic E-state index is 0. The number of terminal acetylenes is 1. The van der Waals surface area contributed by atoms with Crippen molar-refractivity contribution in [1.82, 2.24) is 10.6 Å². The number of hydrogen-bond acceptors (Lipinski definition) is 1. The number of halogens is 1. The van der Waals surface area contributed by atoms with Crippen molar-refractivity contribution in [3.8, 4) is 12.3 Å². The first kappa shape index (κ1) is 17.9. The van der Waals surface area contributed by atoms with Gasteiger partial charge in [0.05, 0.1) is 6.54 Å². The van der Waals surface area contributed by atoms with Gasteiger partial charge in [0.2, 0.25) is 0 Å². The average Bonchev–Trinajstić information content (AvgIpc) is 2.12. The number of guanidine groups is 1. The zero-order valence-corrected chi connectivity index (χ0v) is 13.1. The number of rotatable bonds is 4. The second-order valence-corrected chi connectivity index (χ2v) is 4.63. The minimum Gasteiger partial charge on any atom is -0.357 e. The van der Waals surface area contributed by atoms with Crippen molar-refractivity contribution in [2.45, 2.75) is 34.1 Å². The van der Waals surface area contributed by atoms with Gasteiger partial charge in [0.25, 0.3) is 0 Å². The molecule has 0 aromatic rings. The third-order valence-electron chi connectivity index (χ3n) is 1.83. The Hall–Kier alpha value is -0.440. The van der Waals surface area contributed by atoms with E-state index in [9.17, 15) is 0 Å². The van der Waals surface area contributed by atoms with Gasteiger partial charge in [0.1, 0.15) is 0 Å². The molecule has 0 atom stereocenters. The summed E-state index contributed by atoms with van der Waals surface area (Å²) < 4.78 is 0. The number of hydrogen-bond donors (Lipinski definition) is 2. The first-order valence-electron chi connectivity index (χ1n) is 5.45. The molecular formula is C12H24IN3. The Morgan fingerprint density at radius 3 is 2.38 bits per heavy atom. The highest BCUT2D eigenvalue weighted by Crippen LogP contribution is 2.17. The van der Waals surface area contributed by atoms with E-state index < -0.39 is 0 Å². The van der Waals surface area contributed by atoms with Crippen molar-refractivity contribution in [1.29, 1.82) is 0 Å². The standard InChI is InChI=1S/C12H23N3.HI/c1-6-9-14-11(13-7-2)15-10-8-12(3,4)5;/h1H,7-10H2,2-5H3,(H2,13,14,15);1H. The van der Waals surface area contributed by atoms with Gasteiger partial charge in [-0.25, -0.2) is 0 Å². The van der Waals surface area contributed by atoms with Gasteiger partial charge in [0, 0.05) is 13.1 Å². The molecule has 0 fully saturated rings. The Labute approximate surface area is 117 Å². The fourth-order valence-corrected chi connectivity index (χ4v) is 0.980. The molecule has 16 heavy (non-hydrogen) atoms. The molecule has 0 saturated heterocycles. The highest BCUT2D eigenvalue weighted by Gasteiger charge is 2.08. The minimum absolute atomic E-state index is 0. The smallest absolute Gasteiger partial charge is 0.192 e. The number of nitrogens with zero attached hydrogens (tertiary/aromatic N) is 1. The Morgan fingerprint density at radius 2 is 1.94 bits per heavy atom. The molecule has 0 aliphatic rings. The second-order valence-electron chi connectivity index (χ2n) is 4.63. The van der Waals surface area contributed by atoms with E-state index in [1.54, 1.807) is 0 Å². The van der Waals surface area contributed by atoms with E-state index in [0.29, 0.717) is 12.0 Å². The third kappa shape index (κ3) is 11.6. The van der Waals surface area contributed by atoms with E-state index in [2.05, 4.69) is 42.3 Å². The summed E-state index contributed by atoms with van der Waals surface area (Å²) in [5.41, 5.74) is 0.326. The molecule has 3 nitrogen and oxygen atoms in total. The summed E-state index contributed by atoms with van der Waals surface area (Å²) >= 11 is 0. The lowest BCUT2D eigenvalue weighted by molar-refractivity contribution is 0.385. The lowest BCUT2D eigenvalue weighted by Crippen LogP contribution is -2.37. The van der Waals surface area contributed by atoms with Crippen LogP contribution in [0.15, 0.2) is 4.99 Å². The highest BCUT2D eigenvalue weighted by molar-refractivity contribution is 14.0. The van der Waals surface area contributed by atoms with Gasteiger partial charge in [-0.15, -0.1) is 30.4 Å². The molecule has 4 heteroatoms. The second kappa shape index (κ2) is 9.76. The van der Waals surface area contributed by atoms with E-state index >= 15 is 0 Å². The van der Waals surface area contributed by atoms with Crippen LogP contribution in [0, 0.1) is 17.8 Å². The zero-order chi connectivity index (χ0) is 11.7. The molecule has 94 valence electrons. The van der Waals surface area contributed by atoms with Gasteiger partial charge in [-0.3, -0.25) is 4.99 Å². The van der Waals surface area contributed by atoms with Crippen LogP contribution in [-0.4, -0.2) is 25.6 Å². The SMILES string of the molecule is C#CCNC(=NCCC(C)(C)C)NCC.I. The predicted molar refractivity (Wildman–Crippen MR) is 82.3 cm³/mol. The van der Waals surface area contributed by atoms with Crippen molar-refractivity contribution in [2.75, 3.05) is 19.6 Å². The van der Waals surface area contributed by atoms with Gasteiger partial charge in [-0.2, -0.15) is 0 Å². The Morgan fingerprint density at radius 1 is 1.31 bits per heavy atom. The van der Waals surface area contributed by atoms with E-state index in [4.69, 9.17) is 6.42 Å². The van der Waals surface area contributed by atoms with E-state index in [-0.39, 0.29) is 24.0 Å². The van der Waals surface area contributed by atoms with Crippen LogP contribution >= 0.6 is 24.0 Å². The molecule has 0 radical (unpaired) electrons. The highest BCUT2D eigenvalue weighted by atomic mass is 127. The monoisotopic (exact) mass is 337 g/mol. The van der Waals surface area contributed by atoms with Gasteiger partial charge in [-0.05, 0) is 18.8 Å². The molecule has 0 saturated carbocycles. The summed E-state index contributed by atoms with van der Waals surface area (Å²) in [4.78, 5) is 4.44. The van der Waals surface area contributed by atoms with Crippen LogP contribution in [0.2, 0.25) is 0 Å². The fourth-order valence-electron chi connectivity index (χ4n) is 0.980. The van der Waals surface area contributed by atoms with Crippen molar-refractivity contribution < 1.29 is 0 Å². The zero-order valence-electron chi connectivity index (χ0n) is 10.8. The molecule has 0 rings (SSSR count). The van der Waals surface area contributed by atoms with E-state index in [0.717, 1.165) is 25.5 Å². The van der Waals surface area contributed by atoms with Crippen LogP contribution in [-0.2, 0) is 0 Å².